The Hall–Kier alpha value is -7.14. The van der Waals surface area contributed by atoms with Gasteiger partial charge >= 0.3 is 0 Å². The molecule has 4 fully saturated rings. The normalized spacial score (nSPS) is 20.6. The van der Waals surface area contributed by atoms with Gasteiger partial charge in [-0.25, -0.2) is 35.8 Å². The van der Waals surface area contributed by atoms with Gasteiger partial charge in [-0.3, -0.25) is 19.0 Å². The van der Waals surface area contributed by atoms with E-state index in [9.17, 15) is 26.4 Å². The first-order chi connectivity index (χ1) is 37.1. The Morgan fingerprint density at radius 3 is 1.82 bits per heavy atom. The number of benzene rings is 3. The van der Waals surface area contributed by atoms with Gasteiger partial charge in [0.25, 0.3) is 11.8 Å². The number of aromatic nitrogens is 6. The predicted molar refractivity (Wildman–Crippen MR) is 302 cm³/mol. The molecule has 22 heteroatoms. The number of fused-ring (bicyclic) bond motifs is 2. The fourth-order valence-electron chi connectivity index (χ4n) is 11.5. The maximum absolute atomic E-state index is 14.8. The molecule has 78 heavy (non-hydrogen) atoms. The molecule has 1 saturated carbocycles. The quantitative estimate of drug-likeness (QED) is 0.0725. The Bertz CT molecular complexity index is 3710. The number of piperidine rings is 2. The van der Waals surface area contributed by atoms with Crippen LogP contribution in [0.5, 0.6) is 0 Å². The van der Waals surface area contributed by atoms with Crippen LogP contribution in [0.2, 0.25) is 0 Å². The molecular formula is C56H68N14O6S2. The molecule has 410 valence electrons. The average Bonchev–Trinajstić information content (AvgIpc) is 3.69. The number of carbonyl (C=O) groups is 2. The number of nitrogens with two attached hydrogens (primary N) is 2. The summed E-state index contributed by atoms with van der Waals surface area (Å²) in [6, 6.07) is 21.9. The number of sulfonamides is 2. The van der Waals surface area contributed by atoms with Crippen LogP contribution < -0.4 is 31.1 Å². The van der Waals surface area contributed by atoms with Gasteiger partial charge in [0.05, 0.1) is 58.5 Å². The van der Waals surface area contributed by atoms with Crippen LogP contribution in [0.25, 0.3) is 11.3 Å². The summed E-state index contributed by atoms with van der Waals surface area (Å²) >= 11 is 0. The van der Waals surface area contributed by atoms with Crippen molar-refractivity contribution in [3.05, 3.63) is 141 Å². The molecule has 1 aliphatic carbocycles. The SMILES string of the molecule is Cc1ccc(NS(C)(=O)=O)c(C(=O)N2CCCC[C@H]2c2cc3nc(N4C[C@@H](N)[C@H](c5ccc(Cc6ccc(NS(C)(=O)=O)c(C(=O)N7CCCC[C@H]7c7cc8nc(NCC9(N)CC9)c(C)cn8n7)c6)cc5)C4)c(C)cn3n2)c1. The molecule has 3 aromatic carbocycles. The van der Waals surface area contributed by atoms with Crippen molar-refractivity contribution in [1.29, 1.82) is 0 Å². The lowest BCUT2D eigenvalue weighted by atomic mass is 9.93. The fourth-order valence-corrected chi connectivity index (χ4v) is 12.7. The second kappa shape index (κ2) is 20.6. The molecular weight excluding hydrogens is 1030 g/mol. The van der Waals surface area contributed by atoms with Crippen LogP contribution in [0.15, 0.2) is 85.2 Å². The number of rotatable bonds is 15. The Labute approximate surface area is 455 Å². The maximum Gasteiger partial charge on any atom is 0.256 e. The summed E-state index contributed by atoms with van der Waals surface area (Å²) in [7, 11) is -7.34. The average molecular weight is 1100 g/mol. The van der Waals surface area contributed by atoms with Gasteiger partial charge in [0.2, 0.25) is 20.0 Å². The third-order valence-corrected chi connectivity index (χ3v) is 17.0. The van der Waals surface area contributed by atoms with Gasteiger partial charge < -0.3 is 31.5 Å². The number of aryl methyl sites for hydroxylation is 3. The number of nitrogens with one attached hydrogen (secondary N) is 3. The highest BCUT2D eigenvalue weighted by molar-refractivity contribution is 7.92. The molecule has 11 rings (SSSR count). The van der Waals surface area contributed by atoms with Crippen molar-refractivity contribution in [3.8, 4) is 0 Å². The molecule has 4 aromatic heterocycles. The zero-order valence-electron chi connectivity index (χ0n) is 44.7. The zero-order chi connectivity index (χ0) is 54.8. The van der Waals surface area contributed by atoms with E-state index in [-0.39, 0.29) is 58.3 Å². The van der Waals surface area contributed by atoms with Crippen LogP contribution in [0, 0.1) is 20.8 Å². The minimum absolute atomic E-state index is 0.0166. The van der Waals surface area contributed by atoms with E-state index in [1.54, 1.807) is 44.3 Å². The summed E-state index contributed by atoms with van der Waals surface area (Å²) in [5, 5.41) is 13.3. The topological polar surface area (TPSA) is 261 Å². The third-order valence-electron chi connectivity index (χ3n) is 15.8. The van der Waals surface area contributed by atoms with Gasteiger partial charge in [-0.15, -0.1) is 0 Å². The van der Waals surface area contributed by atoms with E-state index >= 15 is 0 Å². The van der Waals surface area contributed by atoms with Gasteiger partial charge in [0.15, 0.2) is 11.3 Å². The number of amides is 2. The number of hydrogen-bond acceptors (Lipinski definition) is 14. The first kappa shape index (κ1) is 52.9. The summed E-state index contributed by atoms with van der Waals surface area (Å²) in [4.78, 5) is 44.9. The maximum atomic E-state index is 14.8. The smallest absolute Gasteiger partial charge is 0.256 e. The first-order valence-electron chi connectivity index (χ1n) is 26.8. The van der Waals surface area contributed by atoms with Crippen molar-refractivity contribution < 1.29 is 26.4 Å². The first-order valence-corrected chi connectivity index (χ1v) is 30.6. The molecule has 4 aliphatic rings. The van der Waals surface area contributed by atoms with Crippen LogP contribution in [0.1, 0.15) is 135 Å². The summed E-state index contributed by atoms with van der Waals surface area (Å²) in [5.41, 5.74) is 22.6. The fraction of sp³-hybridized carbons (Fsp3) is 0.429. The lowest BCUT2D eigenvalue weighted by molar-refractivity contribution is 0.0599. The Morgan fingerprint density at radius 1 is 0.679 bits per heavy atom. The van der Waals surface area contributed by atoms with E-state index in [1.165, 1.54) is 0 Å². The molecule has 7 N–H and O–H groups in total. The van der Waals surface area contributed by atoms with E-state index in [2.05, 4.69) is 43.9 Å². The Morgan fingerprint density at radius 2 is 1.23 bits per heavy atom. The lowest BCUT2D eigenvalue weighted by Gasteiger charge is -2.35. The number of hydrogen-bond donors (Lipinski definition) is 5. The number of likely N-dealkylation sites (tertiary alicyclic amines) is 2. The summed E-state index contributed by atoms with van der Waals surface area (Å²) in [6.45, 7) is 8.74. The molecule has 20 nitrogen and oxygen atoms in total. The van der Waals surface area contributed by atoms with Crippen LogP contribution in [0.3, 0.4) is 0 Å². The van der Waals surface area contributed by atoms with Crippen molar-refractivity contribution in [1.82, 2.24) is 39.0 Å². The molecule has 4 atom stereocenters. The van der Waals surface area contributed by atoms with Gasteiger partial charge in [-0.2, -0.15) is 10.2 Å². The molecule has 3 saturated heterocycles. The standard InChI is InChI=1S/C56H68N14O6S2/c1-34-12-18-44(64-77(4,73)74)40(24-34)54(71)67-22-8-6-11-49(67)47-28-51-61-53(36(3)30-70(51)63-47)66-31-42(43(57)32-66)39-16-13-37(14-17-39)25-38-15-19-45(65-78(5,75)76)41(26-38)55(72)68-23-9-7-10-48(68)46-27-50-60-52(35(2)29-69(50)62-46)59-33-56(58)20-21-56/h12-19,24,26-30,42-43,48-49,64-65H,6-11,20-23,25,31-33,57-58H2,1-5H3,(H,59,60)/t42-,43+,48-,49-/m0/s1. The van der Waals surface area contributed by atoms with Crippen LogP contribution in [-0.2, 0) is 26.5 Å². The Kier molecular flexibility index (Phi) is 14.0. The molecule has 2 amide bonds. The highest BCUT2D eigenvalue weighted by Gasteiger charge is 2.39. The van der Waals surface area contributed by atoms with Crippen molar-refractivity contribution in [2.75, 3.05) is 64.9 Å². The second-order valence-corrected chi connectivity index (χ2v) is 25.8. The highest BCUT2D eigenvalue weighted by atomic mass is 32.2. The molecule has 0 spiro atoms. The van der Waals surface area contributed by atoms with E-state index in [0.717, 1.165) is 107 Å². The van der Waals surface area contributed by atoms with Crippen molar-refractivity contribution >= 4 is 66.2 Å². The molecule has 7 aromatic rings. The molecule has 0 radical (unpaired) electrons. The van der Waals surface area contributed by atoms with Gasteiger partial charge in [0, 0.05) is 85.9 Å². The summed E-state index contributed by atoms with van der Waals surface area (Å²) in [6.07, 6.45) is 13.4. The molecule has 7 heterocycles. The van der Waals surface area contributed by atoms with E-state index < -0.39 is 20.0 Å². The van der Waals surface area contributed by atoms with E-state index in [4.69, 9.17) is 31.6 Å². The lowest BCUT2D eigenvalue weighted by Crippen LogP contribution is -2.39. The summed E-state index contributed by atoms with van der Waals surface area (Å²) in [5.74, 6) is 1.06. The largest absolute Gasteiger partial charge is 0.368 e. The highest BCUT2D eigenvalue weighted by Crippen LogP contribution is 2.38. The van der Waals surface area contributed by atoms with Gasteiger partial charge in [0.1, 0.15) is 11.6 Å². The van der Waals surface area contributed by atoms with Gasteiger partial charge in [-0.1, -0.05) is 42.0 Å². The van der Waals surface area contributed by atoms with Crippen LogP contribution in [-0.4, -0.2) is 124 Å². The monoisotopic (exact) mass is 1100 g/mol. The minimum Gasteiger partial charge on any atom is -0.368 e. The van der Waals surface area contributed by atoms with Gasteiger partial charge in [-0.05, 0) is 120 Å². The van der Waals surface area contributed by atoms with Crippen molar-refractivity contribution in [2.24, 2.45) is 11.5 Å². The number of anilines is 4. The molecule has 0 bridgehead atoms. The number of carbonyl (C=O) groups excluding carboxylic acids is 2. The van der Waals surface area contributed by atoms with Crippen LogP contribution in [0.4, 0.5) is 23.0 Å². The van der Waals surface area contributed by atoms with Crippen molar-refractivity contribution in [2.45, 2.75) is 108 Å². The minimum atomic E-state index is -3.72. The Balaban J connectivity index is 0.788. The van der Waals surface area contributed by atoms with E-state index in [0.29, 0.717) is 68.8 Å². The summed E-state index contributed by atoms with van der Waals surface area (Å²) < 4.78 is 58.4. The van der Waals surface area contributed by atoms with Crippen LogP contribution >= 0.6 is 0 Å². The predicted octanol–water partition coefficient (Wildman–Crippen LogP) is 6.60. The van der Waals surface area contributed by atoms with E-state index in [1.807, 2.05) is 56.3 Å². The molecule has 3 aliphatic heterocycles. The third kappa shape index (κ3) is 11.3. The second-order valence-electron chi connectivity index (χ2n) is 22.3. The van der Waals surface area contributed by atoms with Crippen molar-refractivity contribution in [3.63, 3.8) is 0 Å². The number of nitrogens with zero attached hydrogens (tertiary/aromatic N) is 9. The zero-order valence-corrected chi connectivity index (χ0v) is 46.4. The molecule has 0 unspecified atom stereocenters.